The van der Waals surface area contributed by atoms with Crippen molar-refractivity contribution in [2.75, 3.05) is 4.90 Å². The summed E-state index contributed by atoms with van der Waals surface area (Å²) in [7, 11) is 2.17. The number of aromatic nitrogens is 1. The number of rotatable bonds is 4. The summed E-state index contributed by atoms with van der Waals surface area (Å²) < 4.78 is 2.33. The molecule has 0 amide bonds. The van der Waals surface area contributed by atoms with Crippen molar-refractivity contribution < 1.29 is 4.57 Å². The predicted octanol–water partition coefficient (Wildman–Crippen LogP) is 8.57. The Morgan fingerprint density at radius 1 is 0.500 bits per heavy atom. The Morgan fingerprint density at radius 3 is 1.42 bits per heavy atom. The molecule has 0 atom stereocenters. The Labute approximate surface area is 212 Å². The number of aryl methyl sites for hydroxylation is 3. The lowest BCUT2D eigenvalue weighted by atomic mass is 9.94. The Bertz CT molecular complexity index is 1580. The first-order valence-electron chi connectivity index (χ1n) is 12.4. The SMILES string of the molecule is Cc1ccc2c(-c3ccc(N(c4ccccc4)c4ccccc4)cc3)c3ccc(C)cc3[n+](C)c2c1. The lowest BCUT2D eigenvalue weighted by Crippen LogP contribution is -2.30. The summed E-state index contributed by atoms with van der Waals surface area (Å²) in [5.74, 6) is 0. The van der Waals surface area contributed by atoms with Gasteiger partial charge in [-0.2, -0.15) is 4.57 Å². The summed E-state index contributed by atoms with van der Waals surface area (Å²) in [4.78, 5) is 2.30. The number of nitrogens with zero attached hydrogens (tertiary/aromatic N) is 2. The summed E-state index contributed by atoms with van der Waals surface area (Å²) in [5, 5.41) is 2.55. The highest BCUT2D eigenvalue weighted by atomic mass is 15.1. The van der Waals surface area contributed by atoms with Crippen molar-refractivity contribution in [2.45, 2.75) is 13.8 Å². The minimum atomic E-state index is 1.14. The zero-order valence-corrected chi connectivity index (χ0v) is 20.9. The summed E-state index contributed by atoms with van der Waals surface area (Å²) in [6, 6.07) is 43.7. The highest BCUT2D eigenvalue weighted by molar-refractivity contribution is 6.07. The fourth-order valence-electron chi connectivity index (χ4n) is 5.23. The van der Waals surface area contributed by atoms with Crippen molar-refractivity contribution >= 4 is 38.9 Å². The van der Waals surface area contributed by atoms with Crippen LogP contribution in [0.5, 0.6) is 0 Å². The second-order valence-corrected chi connectivity index (χ2v) is 9.53. The number of pyridine rings is 1. The highest BCUT2D eigenvalue weighted by Gasteiger charge is 2.20. The molecule has 0 spiro atoms. The first-order valence-corrected chi connectivity index (χ1v) is 12.4. The molecule has 2 nitrogen and oxygen atoms in total. The van der Waals surface area contributed by atoms with Gasteiger partial charge in [0.05, 0.1) is 10.8 Å². The van der Waals surface area contributed by atoms with Crippen LogP contribution in [0.3, 0.4) is 0 Å². The molecule has 0 aliphatic heterocycles. The third-order valence-corrected chi connectivity index (χ3v) is 7.01. The maximum absolute atomic E-state index is 2.33. The molecule has 1 heterocycles. The predicted molar refractivity (Wildman–Crippen MR) is 152 cm³/mol. The van der Waals surface area contributed by atoms with Gasteiger partial charge in [0, 0.05) is 34.8 Å². The van der Waals surface area contributed by atoms with E-state index >= 15 is 0 Å². The monoisotopic (exact) mass is 465 g/mol. The quantitative estimate of drug-likeness (QED) is 0.187. The van der Waals surface area contributed by atoms with E-state index in [1.54, 1.807) is 0 Å². The van der Waals surface area contributed by atoms with Crippen molar-refractivity contribution in [3.8, 4) is 11.1 Å². The molecule has 174 valence electrons. The van der Waals surface area contributed by atoms with Gasteiger partial charge in [-0.25, -0.2) is 0 Å². The average molecular weight is 466 g/mol. The zero-order chi connectivity index (χ0) is 24.6. The first-order chi connectivity index (χ1) is 17.6. The van der Waals surface area contributed by atoms with Crippen molar-refractivity contribution in [2.24, 2.45) is 7.05 Å². The van der Waals surface area contributed by atoms with Crippen LogP contribution in [0.2, 0.25) is 0 Å². The second kappa shape index (κ2) is 8.98. The highest BCUT2D eigenvalue weighted by Crippen LogP contribution is 2.38. The minimum Gasteiger partial charge on any atom is -0.311 e. The van der Waals surface area contributed by atoms with Crippen LogP contribution < -0.4 is 9.47 Å². The molecule has 36 heavy (non-hydrogen) atoms. The van der Waals surface area contributed by atoms with Crippen molar-refractivity contribution in [1.29, 1.82) is 0 Å². The fourth-order valence-corrected chi connectivity index (χ4v) is 5.23. The van der Waals surface area contributed by atoms with E-state index < -0.39 is 0 Å². The molecule has 5 aromatic carbocycles. The van der Waals surface area contributed by atoms with Crippen LogP contribution in [-0.4, -0.2) is 0 Å². The summed E-state index contributed by atoms with van der Waals surface area (Å²) in [5.41, 5.74) is 11.0. The van der Waals surface area contributed by atoms with Gasteiger partial charge in [0.25, 0.3) is 0 Å². The molecule has 6 aromatic rings. The van der Waals surface area contributed by atoms with Gasteiger partial charge < -0.3 is 4.90 Å². The smallest absolute Gasteiger partial charge is 0.213 e. The maximum atomic E-state index is 2.33. The molecular formula is C34H29N2+. The molecule has 0 N–H and O–H groups in total. The molecule has 6 rings (SSSR count). The van der Waals surface area contributed by atoms with E-state index in [0.29, 0.717) is 0 Å². The van der Waals surface area contributed by atoms with Crippen molar-refractivity contribution in [3.63, 3.8) is 0 Å². The zero-order valence-electron chi connectivity index (χ0n) is 20.9. The van der Waals surface area contributed by atoms with Crippen LogP contribution in [0.1, 0.15) is 11.1 Å². The van der Waals surface area contributed by atoms with E-state index in [4.69, 9.17) is 0 Å². The van der Waals surface area contributed by atoms with Gasteiger partial charge in [0.2, 0.25) is 11.0 Å². The average Bonchev–Trinajstić information content (AvgIpc) is 2.92. The van der Waals surface area contributed by atoms with Gasteiger partial charge in [0.1, 0.15) is 7.05 Å². The molecule has 0 saturated heterocycles. The third-order valence-electron chi connectivity index (χ3n) is 7.01. The van der Waals surface area contributed by atoms with Gasteiger partial charge in [-0.05, 0) is 79.1 Å². The molecule has 2 heteroatoms. The first kappa shape index (κ1) is 22.1. The minimum absolute atomic E-state index is 1.14. The fraction of sp³-hybridized carbons (Fsp3) is 0.0882. The normalized spacial score (nSPS) is 11.2. The number of hydrogen-bond donors (Lipinski definition) is 0. The Morgan fingerprint density at radius 2 is 0.944 bits per heavy atom. The molecule has 0 unspecified atom stereocenters. The molecule has 0 aliphatic rings. The second-order valence-electron chi connectivity index (χ2n) is 9.53. The van der Waals surface area contributed by atoms with Crippen LogP contribution in [0.25, 0.3) is 32.9 Å². The van der Waals surface area contributed by atoms with E-state index in [0.717, 1.165) is 17.1 Å². The Kier molecular flexibility index (Phi) is 5.50. The van der Waals surface area contributed by atoms with Crippen LogP contribution in [0, 0.1) is 13.8 Å². The van der Waals surface area contributed by atoms with Crippen molar-refractivity contribution in [3.05, 3.63) is 132 Å². The van der Waals surface area contributed by atoms with E-state index in [1.807, 2.05) is 0 Å². The number of anilines is 3. The van der Waals surface area contributed by atoms with E-state index in [9.17, 15) is 0 Å². The maximum Gasteiger partial charge on any atom is 0.213 e. The molecular weight excluding hydrogens is 436 g/mol. The van der Waals surface area contributed by atoms with Crippen LogP contribution in [0.15, 0.2) is 121 Å². The number of benzene rings is 5. The summed E-state index contributed by atoms with van der Waals surface area (Å²) in [6.07, 6.45) is 0. The lowest BCUT2D eigenvalue weighted by Gasteiger charge is -2.25. The van der Waals surface area contributed by atoms with Gasteiger partial charge in [-0.1, -0.05) is 60.7 Å². The molecule has 0 aliphatic carbocycles. The van der Waals surface area contributed by atoms with Gasteiger partial charge in [-0.3, -0.25) is 0 Å². The molecule has 0 bridgehead atoms. The van der Waals surface area contributed by atoms with Gasteiger partial charge in [0.15, 0.2) is 0 Å². The molecule has 0 radical (unpaired) electrons. The van der Waals surface area contributed by atoms with E-state index in [1.165, 1.54) is 44.1 Å². The molecule has 0 fully saturated rings. The number of hydrogen-bond acceptors (Lipinski definition) is 1. The van der Waals surface area contributed by atoms with E-state index in [2.05, 4.69) is 152 Å². The number of fused-ring (bicyclic) bond motifs is 2. The van der Waals surface area contributed by atoms with Crippen molar-refractivity contribution in [1.82, 2.24) is 0 Å². The number of para-hydroxylation sites is 2. The van der Waals surface area contributed by atoms with Crippen LogP contribution >= 0.6 is 0 Å². The molecule has 0 saturated carbocycles. The van der Waals surface area contributed by atoms with Gasteiger partial charge in [-0.15, -0.1) is 0 Å². The third kappa shape index (κ3) is 3.81. The van der Waals surface area contributed by atoms with Crippen LogP contribution in [-0.2, 0) is 7.05 Å². The largest absolute Gasteiger partial charge is 0.311 e. The molecule has 1 aromatic heterocycles. The summed E-state index contributed by atoms with van der Waals surface area (Å²) >= 11 is 0. The summed E-state index contributed by atoms with van der Waals surface area (Å²) in [6.45, 7) is 4.33. The van der Waals surface area contributed by atoms with Crippen LogP contribution in [0.4, 0.5) is 17.1 Å². The Balaban J connectivity index is 1.55. The lowest BCUT2D eigenvalue weighted by molar-refractivity contribution is -0.617. The Hall–Kier alpha value is -4.43. The van der Waals surface area contributed by atoms with Gasteiger partial charge >= 0.3 is 0 Å². The topological polar surface area (TPSA) is 7.12 Å². The van der Waals surface area contributed by atoms with E-state index in [-0.39, 0.29) is 0 Å². The standard InChI is InChI=1S/C34H29N2/c1-24-14-20-30-32(22-24)35(3)33-23-25(2)15-21-31(33)34(30)26-16-18-29(19-17-26)36(27-10-6-4-7-11-27)28-12-8-5-9-13-28/h4-23H,1-3H3/q+1.